The molecule has 10 heteroatoms. The number of ether oxygens (including phenoxy) is 1. The minimum atomic E-state index is -4.70. The molecule has 0 unspecified atom stereocenters. The molecular formula is C14H13F3N4O3. The highest BCUT2D eigenvalue weighted by Crippen LogP contribution is 2.31. The van der Waals surface area contributed by atoms with Crippen molar-refractivity contribution in [3.05, 3.63) is 35.5 Å². The Kier molecular flexibility index (Phi) is 4.04. The highest BCUT2D eigenvalue weighted by atomic mass is 19.4. The van der Waals surface area contributed by atoms with Crippen LogP contribution >= 0.6 is 0 Å². The SMILES string of the molecule is C[C@@H](NC(=O)Nc1cccc2c1CCO2)c1nc(C(F)(F)F)no1. The summed E-state index contributed by atoms with van der Waals surface area (Å²) in [5, 5.41) is 7.93. The maximum absolute atomic E-state index is 12.4. The number of carbonyl (C=O) groups is 1. The monoisotopic (exact) mass is 342 g/mol. The van der Waals surface area contributed by atoms with Crippen molar-refractivity contribution in [3.63, 3.8) is 0 Å². The number of amides is 2. The summed E-state index contributed by atoms with van der Waals surface area (Å²) in [5.74, 6) is -1.02. The van der Waals surface area contributed by atoms with E-state index in [1.807, 2.05) is 0 Å². The van der Waals surface area contributed by atoms with E-state index in [1.54, 1.807) is 18.2 Å². The number of halogens is 3. The van der Waals surface area contributed by atoms with Gasteiger partial charge in [-0.1, -0.05) is 11.2 Å². The van der Waals surface area contributed by atoms with Crippen LogP contribution in [-0.2, 0) is 12.6 Å². The van der Waals surface area contributed by atoms with Gasteiger partial charge in [0.25, 0.3) is 5.82 Å². The Labute approximate surface area is 134 Å². The Morgan fingerprint density at radius 2 is 2.17 bits per heavy atom. The molecule has 1 aromatic heterocycles. The second-order valence-corrected chi connectivity index (χ2v) is 5.15. The minimum absolute atomic E-state index is 0.334. The molecule has 2 amide bonds. The maximum atomic E-state index is 12.4. The fourth-order valence-electron chi connectivity index (χ4n) is 2.28. The van der Waals surface area contributed by atoms with E-state index in [2.05, 4.69) is 25.3 Å². The van der Waals surface area contributed by atoms with Crippen molar-refractivity contribution in [2.24, 2.45) is 0 Å². The van der Waals surface area contributed by atoms with Gasteiger partial charge < -0.3 is 19.9 Å². The molecule has 0 spiro atoms. The molecule has 128 valence electrons. The molecule has 0 bridgehead atoms. The maximum Gasteiger partial charge on any atom is 0.455 e. The number of rotatable bonds is 3. The Morgan fingerprint density at radius 1 is 1.38 bits per heavy atom. The molecule has 0 fully saturated rings. The fraction of sp³-hybridized carbons (Fsp3) is 0.357. The van der Waals surface area contributed by atoms with E-state index in [-0.39, 0.29) is 5.89 Å². The van der Waals surface area contributed by atoms with Crippen LogP contribution in [-0.4, -0.2) is 22.8 Å². The summed E-state index contributed by atoms with van der Waals surface area (Å²) in [6, 6.07) is 3.75. The van der Waals surface area contributed by atoms with E-state index < -0.39 is 24.1 Å². The molecule has 2 aromatic rings. The summed E-state index contributed by atoms with van der Waals surface area (Å²) in [7, 11) is 0. The van der Waals surface area contributed by atoms with Gasteiger partial charge in [-0.05, 0) is 19.1 Å². The molecule has 24 heavy (non-hydrogen) atoms. The highest BCUT2D eigenvalue weighted by molar-refractivity contribution is 5.90. The number of urea groups is 1. The summed E-state index contributed by atoms with van der Waals surface area (Å²) in [4.78, 5) is 15.3. The zero-order chi connectivity index (χ0) is 17.3. The van der Waals surface area contributed by atoms with Gasteiger partial charge in [-0.25, -0.2) is 4.79 Å². The Hall–Kier alpha value is -2.78. The summed E-state index contributed by atoms with van der Waals surface area (Å²) in [6.07, 6.45) is -4.03. The Morgan fingerprint density at radius 3 is 2.88 bits per heavy atom. The number of aromatic nitrogens is 2. The molecule has 1 aliphatic heterocycles. The van der Waals surface area contributed by atoms with E-state index in [9.17, 15) is 18.0 Å². The smallest absolute Gasteiger partial charge is 0.455 e. The van der Waals surface area contributed by atoms with Gasteiger partial charge in [-0.3, -0.25) is 0 Å². The van der Waals surface area contributed by atoms with E-state index in [0.717, 1.165) is 5.56 Å². The number of benzene rings is 1. The van der Waals surface area contributed by atoms with Crippen molar-refractivity contribution in [2.75, 3.05) is 11.9 Å². The summed E-state index contributed by atoms with van der Waals surface area (Å²) >= 11 is 0. The number of alkyl halides is 3. The highest BCUT2D eigenvalue weighted by Gasteiger charge is 2.37. The van der Waals surface area contributed by atoms with E-state index >= 15 is 0 Å². The van der Waals surface area contributed by atoms with E-state index in [4.69, 9.17) is 4.74 Å². The van der Waals surface area contributed by atoms with Gasteiger partial charge in [0, 0.05) is 17.7 Å². The normalized spacial score (nSPS) is 14.7. The van der Waals surface area contributed by atoms with E-state index in [0.29, 0.717) is 24.5 Å². The lowest BCUT2D eigenvalue weighted by Crippen LogP contribution is -2.31. The summed E-state index contributed by atoms with van der Waals surface area (Å²) in [5.41, 5.74) is 1.45. The number of carbonyl (C=O) groups excluding carboxylic acids is 1. The van der Waals surface area contributed by atoms with Crippen molar-refractivity contribution in [1.82, 2.24) is 15.5 Å². The van der Waals surface area contributed by atoms with Gasteiger partial charge in [0.15, 0.2) is 0 Å². The van der Waals surface area contributed by atoms with Gasteiger partial charge in [-0.15, -0.1) is 0 Å². The van der Waals surface area contributed by atoms with Crippen LogP contribution in [0.5, 0.6) is 5.75 Å². The standard InChI is InChI=1S/C14H13F3N4O3/c1-7(11-20-12(21-24-11)14(15,16)17)18-13(22)19-9-3-2-4-10-8(9)5-6-23-10/h2-4,7H,5-6H2,1H3,(H2,18,19,22)/t7-/m1/s1. The number of hydrogen-bond acceptors (Lipinski definition) is 5. The molecule has 2 heterocycles. The van der Waals surface area contributed by atoms with Crippen molar-refractivity contribution in [2.45, 2.75) is 25.6 Å². The largest absolute Gasteiger partial charge is 0.493 e. The molecular weight excluding hydrogens is 329 g/mol. The average Bonchev–Trinajstić information content (AvgIpc) is 3.16. The van der Waals surface area contributed by atoms with Crippen LogP contribution in [0.3, 0.4) is 0 Å². The van der Waals surface area contributed by atoms with Crippen LogP contribution in [0.15, 0.2) is 22.7 Å². The molecule has 7 nitrogen and oxygen atoms in total. The van der Waals surface area contributed by atoms with Gasteiger partial charge >= 0.3 is 12.2 Å². The van der Waals surface area contributed by atoms with Gasteiger partial charge in [0.05, 0.1) is 6.61 Å². The predicted octanol–water partition coefficient (Wildman–Crippen LogP) is 2.91. The second kappa shape index (κ2) is 6.02. The molecule has 0 saturated heterocycles. The zero-order valence-electron chi connectivity index (χ0n) is 12.5. The van der Waals surface area contributed by atoms with Crippen LogP contribution in [0.1, 0.15) is 30.2 Å². The predicted molar refractivity (Wildman–Crippen MR) is 75.5 cm³/mol. The van der Waals surface area contributed by atoms with E-state index in [1.165, 1.54) is 6.92 Å². The third-order valence-electron chi connectivity index (χ3n) is 3.40. The zero-order valence-corrected chi connectivity index (χ0v) is 12.5. The summed E-state index contributed by atoms with van der Waals surface area (Å²) < 4.78 is 47.3. The number of nitrogens with zero attached hydrogens (tertiary/aromatic N) is 2. The van der Waals surface area contributed by atoms with Crippen LogP contribution in [0.4, 0.5) is 23.7 Å². The van der Waals surface area contributed by atoms with Crippen LogP contribution in [0.2, 0.25) is 0 Å². The first-order valence-corrected chi connectivity index (χ1v) is 7.07. The molecule has 1 aromatic carbocycles. The molecule has 2 N–H and O–H groups in total. The summed E-state index contributed by atoms with van der Waals surface area (Å²) in [6.45, 7) is 1.97. The van der Waals surface area contributed by atoms with Gasteiger partial charge in [0.1, 0.15) is 11.8 Å². The van der Waals surface area contributed by atoms with Crippen LogP contribution in [0.25, 0.3) is 0 Å². The minimum Gasteiger partial charge on any atom is -0.493 e. The van der Waals surface area contributed by atoms with Crippen LogP contribution in [0, 0.1) is 0 Å². The van der Waals surface area contributed by atoms with Crippen molar-refractivity contribution >= 4 is 11.7 Å². The van der Waals surface area contributed by atoms with Gasteiger partial charge in [0.2, 0.25) is 5.89 Å². The van der Waals surface area contributed by atoms with Crippen molar-refractivity contribution in [1.29, 1.82) is 0 Å². The molecule has 1 atom stereocenters. The van der Waals surface area contributed by atoms with Gasteiger partial charge in [-0.2, -0.15) is 18.2 Å². The van der Waals surface area contributed by atoms with Crippen molar-refractivity contribution < 1.29 is 27.2 Å². The molecule has 1 aliphatic rings. The molecule has 0 saturated carbocycles. The number of hydrogen-bond donors (Lipinski definition) is 2. The first kappa shape index (κ1) is 16.1. The third-order valence-corrected chi connectivity index (χ3v) is 3.40. The van der Waals surface area contributed by atoms with Crippen molar-refractivity contribution in [3.8, 4) is 5.75 Å². The Bertz CT molecular complexity index is 760. The topological polar surface area (TPSA) is 89.3 Å². The quantitative estimate of drug-likeness (QED) is 0.895. The first-order valence-electron chi connectivity index (χ1n) is 7.07. The molecule has 0 aliphatic carbocycles. The number of nitrogens with one attached hydrogen (secondary N) is 2. The number of fused-ring (bicyclic) bond motifs is 1. The Balaban J connectivity index is 1.65. The lowest BCUT2D eigenvalue weighted by molar-refractivity contribution is -0.146. The molecule has 0 radical (unpaired) electrons. The third kappa shape index (κ3) is 3.26. The lowest BCUT2D eigenvalue weighted by Gasteiger charge is -2.13. The van der Waals surface area contributed by atoms with Crippen LogP contribution < -0.4 is 15.4 Å². The lowest BCUT2D eigenvalue weighted by atomic mass is 10.1. The first-order chi connectivity index (χ1) is 11.3. The average molecular weight is 342 g/mol. The number of anilines is 1. The fourth-order valence-corrected chi connectivity index (χ4v) is 2.28. The second-order valence-electron chi connectivity index (χ2n) is 5.15. The molecule has 3 rings (SSSR count).